The summed E-state index contributed by atoms with van der Waals surface area (Å²) in [7, 11) is 0. The molecular weight excluding hydrogens is 272 g/mol. The molecule has 0 spiro atoms. The van der Waals surface area contributed by atoms with E-state index in [-0.39, 0.29) is 6.17 Å². The fourth-order valence-corrected chi connectivity index (χ4v) is 2.80. The minimum Gasteiger partial charge on any atom is -0.332 e. The second-order valence-corrected chi connectivity index (χ2v) is 5.32. The molecule has 22 heavy (non-hydrogen) atoms. The Kier molecular flexibility index (Phi) is 3.20. The van der Waals surface area contributed by atoms with Gasteiger partial charge < -0.3 is 4.57 Å². The third kappa shape index (κ3) is 2.29. The van der Waals surface area contributed by atoms with Gasteiger partial charge in [0.05, 0.1) is 5.52 Å². The molecule has 2 aromatic heterocycles. The molecule has 0 fully saturated rings. The van der Waals surface area contributed by atoms with Gasteiger partial charge in [-0.25, -0.2) is 4.68 Å². The average molecular weight is 288 g/mol. The predicted octanol–water partition coefficient (Wildman–Crippen LogP) is 3.52. The van der Waals surface area contributed by atoms with Crippen molar-refractivity contribution in [2.24, 2.45) is 0 Å². The highest BCUT2D eigenvalue weighted by molar-refractivity contribution is 5.74. The number of para-hydroxylation sites is 1. The van der Waals surface area contributed by atoms with E-state index in [1.807, 2.05) is 41.1 Å². The molecule has 0 aliphatic carbocycles. The Morgan fingerprint density at radius 2 is 1.55 bits per heavy atom. The van der Waals surface area contributed by atoms with E-state index in [1.54, 1.807) is 0 Å². The van der Waals surface area contributed by atoms with Crippen molar-refractivity contribution in [2.45, 2.75) is 12.6 Å². The van der Waals surface area contributed by atoms with Crippen LogP contribution in [0.25, 0.3) is 11.0 Å². The maximum atomic E-state index is 4.39. The van der Waals surface area contributed by atoms with Crippen LogP contribution in [0.1, 0.15) is 11.7 Å². The molecule has 0 aliphatic rings. The van der Waals surface area contributed by atoms with Crippen LogP contribution < -0.4 is 0 Å². The molecule has 0 bridgehead atoms. The van der Waals surface area contributed by atoms with Crippen LogP contribution in [-0.2, 0) is 6.42 Å². The van der Waals surface area contributed by atoms with Gasteiger partial charge in [-0.05, 0) is 29.8 Å². The van der Waals surface area contributed by atoms with E-state index in [0.29, 0.717) is 0 Å². The van der Waals surface area contributed by atoms with Crippen molar-refractivity contribution in [2.75, 3.05) is 0 Å². The number of hydrogen-bond donors (Lipinski definition) is 0. The number of rotatable bonds is 4. The standard InChI is InChI=1S/C18H16N4/c1-2-8-15(9-3-1)14-18(21-12-6-7-13-21)22-17-11-5-4-10-16(17)19-20-22/h1-13,18H,14H2. The van der Waals surface area contributed by atoms with Gasteiger partial charge in [-0.15, -0.1) is 5.10 Å². The monoisotopic (exact) mass is 288 g/mol. The van der Waals surface area contributed by atoms with Crippen molar-refractivity contribution < 1.29 is 0 Å². The van der Waals surface area contributed by atoms with Crippen molar-refractivity contribution in [3.05, 3.63) is 84.7 Å². The molecule has 108 valence electrons. The molecule has 2 heterocycles. The molecule has 4 nitrogen and oxygen atoms in total. The summed E-state index contributed by atoms with van der Waals surface area (Å²) in [6, 6.07) is 22.6. The molecule has 4 aromatic rings. The fraction of sp³-hybridized carbons (Fsp3) is 0.111. The zero-order valence-electron chi connectivity index (χ0n) is 12.1. The molecule has 1 atom stereocenters. The van der Waals surface area contributed by atoms with Crippen molar-refractivity contribution in [3.8, 4) is 0 Å². The summed E-state index contributed by atoms with van der Waals surface area (Å²) in [5, 5.41) is 8.68. The van der Waals surface area contributed by atoms with Gasteiger partial charge in [0, 0.05) is 18.8 Å². The summed E-state index contributed by atoms with van der Waals surface area (Å²) in [4.78, 5) is 0. The lowest BCUT2D eigenvalue weighted by Gasteiger charge is -2.20. The van der Waals surface area contributed by atoms with Gasteiger partial charge in [-0.2, -0.15) is 0 Å². The summed E-state index contributed by atoms with van der Waals surface area (Å²) in [5.74, 6) is 0. The van der Waals surface area contributed by atoms with E-state index >= 15 is 0 Å². The number of nitrogens with zero attached hydrogens (tertiary/aromatic N) is 4. The summed E-state index contributed by atoms with van der Waals surface area (Å²) in [6.45, 7) is 0. The van der Waals surface area contributed by atoms with Gasteiger partial charge in [-0.1, -0.05) is 47.7 Å². The van der Waals surface area contributed by atoms with Crippen molar-refractivity contribution in [3.63, 3.8) is 0 Å². The molecule has 2 aromatic carbocycles. The van der Waals surface area contributed by atoms with E-state index < -0.39 is 0 Å². The Balaban J connectivity index is 1.81. The second-order valence-electron chi connectivity index (χ2n) is 5.32. The Hall–Kier alpha value is -2.88. The van der Waals surface area contributed by atoms with Crippen LogP contribution >= 0.6 is 0 Å². The van der Waals surface area contributed by atoms with Crippen LogP contribution in [0.15, 0.2) is 79.1 Å². The molecule has 4 heteroatoms. The zero-order chi connectivity index (χ0) is 14.8. The van der Waals surface area contributed by atoms with E-state index in [9.17, 15) is 0 Å². The lowest BCUT2D eigenvalue weighted by atomic mass is 10.1. The van der Waals surface area contributed by atoms with Gasteiger partial charge in [0.2, 0.25) is 0 Å². The molecule has 1 unspecified atom stereocenters. The summed E-state index contributed by atoms with van der Waals surface area (Å²) < 4.78 is 4.18. The SMILES string of the molecule is c1ccc(CC(n2cccc2)n2nnc3ccccc32)cc1. The second kappa shape index (κ2) is 5.48. The molecular formula is C18H16N4. The number of aromatic nitrogens is 4. The van der Waals surface area contributed by atoms with E-state index in [0.717, 1.165) is 17.5 Å². The average Bonchev–Trinajstić information content (AvgIpc) is 3.24. The first-order valence-electron chi connectivity index (χ1n) is 7.38. The maximum Gasteiger partial charge on any atom is 0.132 e. The lowest BCUT2D eigenvalue weighted by Crippen LogP contribution is -2.20. The predicted molar refractivity (Wildman–Crippen MR) is 86.5 cm³/mol. The quantitative estimate of drug-likeness (QED) is 0.576. The third-order valence-corrected chi connectivity index (χ3v) is 3.89. The van der Waals surface area contributed by atoms with Crippen molar-refractivity contribution >= 4 is 11.0 Å². The van der Waals surface area contributed by atoms with Crippen molar-refractivity contribution in [1.82, 2.24) is 19.6 Å². The fourth-order valence-electron chi connectivity index (χ4n) is 2.80. The maximum absolute atomic E-state index is 4.39. The number of benzene rings is 2. The Morgan fingerprint density at radius 3 is 2.36 bits per heavy atom. The van der Waals surface area contributed by atoms with E-state index in [2.05, 4.69) is 57.6 Å². The topological polar surface area (TPSA) is 35.6 Å². The molecule has 0 saturated heterocycles. The molecule has 0 aliphatic heterocycles. The van der Waals surface area contributed by atoms with Crippen LogP contribution in [-0.4, -0.2) is 19.6 Å². The Labute approximate surface area is 128 Å². The first-order valence-corrected chi connectivity index (χ1v) is 7.38. The Morgan fingerprint density at radius 1 is 0.818 bits per heavy atom. The molecule has 4 rings (SSSR count). The van der Waals surface area contributed by atoms with Crippen LogP contribution in [0, 0.1) is 0 Å². The first kappa shape index (κ1) is 12.8. The summed E-state index contributed by atoms with van der Waals surface area (Å²) in [6.07, 6.45) is 5.08. The molecule has 0 N–H and O–H groups in total. The van der Waals surface area contributed by atoms with Crippen LogP contribution in [0.2, 0.25) is 0 Å². The van der Waals surface area contributed by atoms with E-state index in [4.69, 9.17) is 0 Å². The first-order chi connectivity index (χ1) is 10.9. The summed E-state index contributed by atoms with van der Waals surface area (Å²) >= 11 is 0. The zero-order valence-corrected chi connectivity index (χ0v) is 12.1. The van der Waals surface area contributed by atoms with Gasteiger partial charge in [-0.3, -0.25) is 0 Å². The minimum absolute atomic E-state index is 0.0739. The minimum atomic E-state index is 0.0739. The van der Waals surface area contributed by atoms with E-state index in [1.165, 1.54) is 5.56 Å². The normalized spacial score (nSPS) is 12.5. The van der Waals surface area contributed by atoms with Gasteiger partial charge >= 0.3 is 0 Å². The highest BCUT2D eigenvalue weighted by atomic mass is 15.5. The number of hydrogen-bond acceptors (Lipinski definition) is 2. The van der Waals surface area contributed by atoms with Gasteiger partial charge in [0.25, 0.3) is 0 Å². The van der Waals surface area contributed by atoms with Crippen LogP contribution in [0.3, 0.4) is 0 Å². The lowest BCUT2D eigenvalue weighted by molar-refractivity contribution is 0.393. The van der Waals surface area contributed by atoms with Crippen LogP contribution in [0.5, 0.6) is 0 Å². The highest BCUT2D eigenvalue weighted by Gasteiger charge is 2.17. The smallest absolute Gasteiger partial charge is 0.132 e. The third-order valence-electron chi connectivity index (χ3n) is 3.89. The van der Waals surface area contributed by atoms with Gasteiger partial charge in [0.1, 0.15) is 11.7 Å². The number of fused-ring (bicyclic) bond motifs is 1. The molecule has 0 amide bonds. The van der Waals surface area contributed by atoms with Gasteiger partial charge in [0.15, 0.2) is 0 Å². The Bertz CT molecular complexity index is 862. The molecule has 0 saturated carbocycles. The van der Waals surface area contributed by atoms with Crippen LogP contribution in [0.4, 0.5) is 0 Å². The summed E-state index contributed by atoms with van der Waals surface area (Å²) in [5.41, 5.74) is 3.26. The van der Waals surface area contributed by atoms with Crippen molar-refractivity contribution in [1.29, 1.82) is 0 Å². The highest BCUT2D eigenvalue weighted by Crippen LogP contribution is 2.21. The molecule has 0 radical (unpaired) electrons. The largest absolute Gasteiger partial charge is 0.332 e.